The van der Waals surface area contributed by atoms with E-state index in [0.29, 0.717) is 11.3 Å². The standard InChI is InChI=1S/C20H19NO4S/c1-14(20(24)16-8-10-17(11-9-16)21-15(2)22)25-19(23)12-13-26-18-6-4-3-5-7-18/h3-14H,1-2H3,(H,21,22)/b13-12+/t14-/m0/s1. The lowest BCUT2D eigenvalue weighted by molar-refractivity contribution is -0.140. The minimum Gasteiger partial charge on any atom is -0.451 e. The van der Waals surface area contributed by atoms with Crippen LogP contribution in [0.15, 0.2) is 71.0 Å². The first kappa shape index (κ1) is 19.5. The van der Waals surface area contributed by atoms with Crippen LogP contribution in [0.3, 0.4) is 0 Å². The van der Waals surface area contributed by atoms with E-state index in [2.05, 4.69) is 5.32 Å². The number of hydrogen-bond acceptors (Lipinski definition) is 5. The minimum absolute atomic E-state index is 0.188. The summed E-state index contributed by atoms with van der Waals surface area (Å²) >= 11 is 1.39. The van der Waals surface area contributed by atoms with Gasteiger partial charge in [-0.05, 0) is 48.7 Å². The van der Waals surface area contributed by atoms with E-state index >= 15 is 0 Å². The highest BCUT2D eigenvalue weighted by molar-refractivity contribution is 8.02. The molecule has 0 saturated heterocycles. The normalized spacial score (nSPS) is 11.8. The second kappa shape index (κ2) is 9.58. The molecule has 0 unspecified atom stereocenters. The number of anilines is 1. The van der Waals surface area contributed by atoms with E-state index in [-0.39, 0.29) is 11.7 Å². The first-order valence-corrected chi connectivity index (χ1v) is 8.84. The second-order valence-electron chi connectivity index (χ2n) is 5.44. The van der Waals surface area contributed by atoms with Gasteiger partial charge in [-0.2, -0.15) is 0 Å². The second-order valence-corrected chi connectivity index (χ2v) is 6.41. The Hall–Kier alpha value is -2.86. The average molecular weight is 369 g/mol. The van der Waals surface area contributed by atoms with Crippen molar-refractivity contribution in [1.29, 1.82) is 0 Å². The molecular formula is C20H19NO4S. The maximum Gasteiger partial charge on any atom is 0.331 e. The van der Waals surface area contributed by atoms with E-state index < -0.39 is 12.1 Å². The topological polar surface area (TPSA) is 72.5 Å². The zero-order valence-electron chi connectivity index (χ0n) is 14.5. The summed E-state index contributed by atoms with van der Waals surface area (Å²) in [6.45, 7) is 2.93. The van der Waals surface area contributed by atoms with Crippen LogP contribution in [0.5, 0.6) is 0 Å². The maximum absolute atomic E-state index is 12.3. The van der Waals surface area contributed by atoms with Gasteiger partial charge in [0.1, 0.15) is 0 Å². The van der Waals surface area contributed by atoms with Crippen molar-refractivity contribution in [1.82, 2.24) is 0 Å². The highest BCUT2D eigenvalue weighted by atomic mass is 32.2. The Kier molecular flexibility index (Phi) is 7.17. The van der Waals surface area contributed by atoms with E-state index in [1.807, 2.05) is 30.3 Å². The molecule has 0 saturated carbocycles. The fourth-order valence-electron chi connectivity index (χ4n) is 2.09. The van der Waals surface area contributed by atoms with Crippen molar-refractivity contribution >= 4 is 35.1 Å². The number of hydrogen-bond donors (Lipinski definition) is 1. The highest BCUT2D eigenvalue weighted by Crippen LogP contribution is 2.18. The number of benzene rings is 2. The zero-order chi connectivity index (χ0) is 18.9. The number of carbonyl (C=O) groups is 3. The van der Waals surface area contributed by atoms with Gasteiger partial charge in [-0.3, -0.25) is 9.59 Å². The highest BCUT2D eigenvalue weighted by Gasteiger charge is 2.18. The zero-order valence-corrected chi connectivity index (χ0v) is 15.3. The number of esters is 1. The SMILES string of the molecule is CC(=O)Nc1ccc(C(=O)[C@H](C)OC(=O)/C=C/Sc2ccccc2)cc1. The summed E-state index contributed by atoms with van der Waals surface area (Å²) in [5, 5.41) is 4.24. The van der Waals surface area contributed by atoms with Crippen LogP contribution in [0.25, 0.3) is 0 Å². The third-order valence-corrected chi connectivity index (χ3v) is 4.12. The predicted molar refractivity (Wildman–Crippen MR) is 102 cm³/mol. The van der Waals surface area contributed by atoms with Crippen molar-refractivity contribution in [3.05, 3.63) is 71.6 Å². The van der Waals surface area contributed by atoms with Crippen LogP contribution in [0.4, 0.5) is 5.69 Å². The van der Waals surface area contributed by atoms with Crippen molar-refractivity contribution in [2.75, 3.05) is 5.32 Å². The van der Waals surface area contributed by atoms with Gasteiger partial charge in [-0.15, -0.1) is 0 Å². The van der Waals surface area contributed by atoms with Crippen molar-refractivity contribution in [3.63, 3.8) is 0 Å². The van der Waals surface area contributed by atoms with Gasteiger partial charge in [0, 0.05) is 29.1 Å². The fraction of sp³-hybridized carbons (Fsp3) is 0.150. The van der Waals surface area contributed by atoms with Crippen molar-refractivity contribution in [2.45, 2.75) is 24.8 Å². The monoisotopic (exact) mass is 369 g/mol. The molecule has 0 aliphatic heterocycles. The molecule has 0 aliphatic rings. The van der Waals surface area contributed by atoms with Crippen LogP contribution in [-0.4, -0.2) is 23.8 Å². The lowest BCUT2D eigenvalue weighted by Crippen LogP contribution is -2.23. The number of carbonyl (C=O) groups excluding carboxylic acids is 3. The van der Waals surface area contributed by atoms with Crippen LogP contribution in [-0.2, 0) is 14.3 Å². The first-order valence-electron chi connectivity index (χ1n) is 7.96. The van der Waals surface area contributed by atoms with Crippen molar-refractivity contribution in [3.8, 4) is 0 Å². The molecule has 6 heteroatoms. The Balaban J connectivity index is 1.87. The molecule has 26 heavy (non-hydrogen) atoms. The molecule has 0 spiro atoms. The molecule has 2 rings (SSSR count). The molecule has 2 aromatic carbocycles. The van der Waals surface area contributed by atoms with Crippen LogP contribution in [0.2, 0.25) is 0 Å². The number of ketones is 1. The number of rotatable bonds is 7. The van der Waals surface area contributed by atoms with E-state index in [4.69, 9.17) is 4.74 Å². The summed E-state index contributed by atoms with van der Waals surface area (Å²) in [4.78, 5) is 36.1. The molecule has 1 N–H and O–H groups in total. The molecule has 0 heterocycles. The third-order valence-electron chi connectivity index (χ3n) is 3.30. The van der Waals surface area contributed by atoms with Crippen LogP contribution in [0, 0.1) is 0 Å². The smallest absolute Gasteiger partial charge is 0.331 e. The van der Waals surface area contributed by atoms with Gasteiger partial charge in [0.15, 0.2) is 6.10 Å². The van der Waals surface area contributed by atoms with E-state index in [1.165, 1.54) is 31.7 Å². The Morgan fingerprint density at radius 1 is 1.04 bits per heavy atom. The van der Waals surface area contributed by atoms with Gasteiger partial charge >= 0.3 is 5.97 Å². The Morgan fingerprint density at radius 2 is 1.69 bits per heavy atom. The number of thioether (sulfide) groups is 1. The molecule has 0 aliphatic carbocycles. The average Bonchev–Trinajstić information content (AvgIpc) is 2.62. The lowest BCUT2D eigenvalue weighted by Gasteiger charge is -2.11. The lowest BCUT2D eigenvalue weighted by atomic mass is 10.1. The van der Waals surface area contributed by atoms with E-state index in [9.17, 15) is 14.4 Å². The molecule has 5 nitrogen and oxygen atoms in total. The van der Waals surface area contributed by atoms with Gasteiger partial charge in [0.05, 0.1) is 0 Å². The summed E-state index contributed by atoms with van der Waals surface area (Å²) in [6.07, 6.45) is 0.391. The Morgan fingerprint density at radius 3 is 2.31 bits per heavy atom. The van der Waals surface area contributed by atoms with Crippen LogP contribution < -0.4 is 5.32 Å². The molecule has 0 aromatic heterocycles. The number of nitrogens with one attached hydrogen (secondary N) is 1. The quantitative estimate of drug-likeness (QED) is 0.345. The van der Waals surface area contributed by atoms with Gasteiger partial charge < -0.3 is 10.1 Å². The van der Waals surface area contributed by atoms with Gasteiger partial charge in [0.2, 0.25) is 11.7 Å². The maximum atomic E-state index is 12.3. The molecule has 134 valence electrons. The molecule has 0 fully saturated rings. The summed E-state index contributed by atoms with van der Waals surface area (Å²) < 4.78 is 5.14. The minimum atomic E-state index is -0.902. The summed E-state index contributed by atoms with van der Waals surface area (Å²) in [7, 11) is 0. The summed E-state index contributed by atoms with van der Waals surface area (Å²) in [6, 6.07) is 16.0. The molecule has 1 atom stereocenters. The van der Waals surface area contributed by atoms with E-state index in [1.54, 1.807) is 29.7 Å². The molecule has 1 amide bonds. The summed E-state index contributed by atoms with van der Waals surface area (Å²) in [5.41, 5.74) is 1.00. The van der Waals surface area contributed by atoms with Crippen molar-refractivity contribution < 1.29 is 19.1 Å². The number of amides is 1. The van der Waals surface area contributed by atoms with Crippen LogP contribution in [0.1, 0.15) is 24.2 Å². The molecular weight excluding hydrogens is 350 g/mol. The molecule has 2 aromatic rings. The first-order chi connectivity index (χ1) is 12.5. The Labute approximate surface area is 156 Å². The molecule has 0 bridgehead atoms. The summed E-state index contributed by atoms with van der Waals surface area (Å²) in [5.74, 6) is -1.08. The predicted octanol–water partition coefficient (Wildman–Crippen LogP) is 4.07. The van der Waals surface area contributed by atoms with Gasteiger partial charge in [-0.25, -0.2) is 4.79 Å². The van der Waals surface area contributed by atoms with E-state index in [0.717, 1.165) is 4.90 Å². The van der Waals surface area contributed by atoms with Gasteiger partial charge in [-0.1, -0.05) is 30.0 Å². The Bertz CT molecular complexity index is 800. The van der Waals surface area contributed by atoms with Gasteiger partial charge in [0.25, 0.3) is 0 Å². The number of ether oxygens (including phenoxy) is 1. The fourth-order valence-corrected chi connectivity index (χ4v) is 2.74. The molecule has 0 radical (unpaired) electrons. The largest absolute Gasteiger partial charge is 0.451 e. The van der Waals surface area contributed by atoms with Crippen molar-refractivity contribution in [2.24, 2.45) is 0 Å². The third kappa shape index (κ3) is 6.22. The number of Topliss-reactive ketones (excluding diaryl/α,β-unsaturated/α-hetero) is 1. The van der Waals surface area contributed by atoms with Crippen LogP contribution >= 0.6 is 11.8 Å².